The van der Waals surface area contributed by atoms with Crippen molar-refractivity contribution in [3.8, 4) is 0 Å². The van der Waals surface area contributed by atoms with Gasteiger partial charge in [0.2, 0.25) is 0 Å². The molecule has 0 aliphatic heterocycles. The molecule has 0 aromatic carbocycles. The Morgan fingerprint density at radius 1 is 1.45 bits per heavy atom. The number of hydrogen-bond acceptors (Lipinski definition) is 6. The van der Waals surface area contributed by atoms with E-state index in [1.807, 2.05) is 0 Å². The highest BCUT2D eigenvalue weighted by Gasteiger charge is 2.34. The smallest absolute Gasteiger partial charge is 0.372 e. The first kappa shape index (κ1) is 13.8. The Balaban J connectivity index is 2.29. The highest BCUT2D eigenvalue weighted by molar-refractivity contribution is 5.61. The summed E-state index contributed by atoms with van der Waals surface area (Å²) in [6.07, 6.45) is -2.78. The number of aromatic nitrogens is 2. The minimum atomic E-state index is -4.68. The van der Waals surface area contributed by atoms with E-state index in [1.54, 1.807) is 0 Å². The van der Waals surface area contributed by atoms with Gasteiger partial charge in [0.05, 0.1) is 17.7 Å². The molecular weight excluding hydrogens is 281 g/mol. The summed E-state index contributed by atoms with van der Waals surface area (Å²) < 4.78 is 42.3. The van der Waals surface area contributed by atoms with Gasteiger partial charge in [0.25, 0.3) is 0 Å². The molecule has 2 aromatic heterocycles. The SMILES string of the molecule is O=[N+]([O-])c1cnc(C(F)(F)F)cc1NCc1ccno1. The van der Waals surface area contributed by atoms with Gasteiger partial charge in [-0.2, -0.15) is 13.2 Å². The van der Waals surface area contributed by atoms with Gasteiger partial charge in [-0.25, -0.2) is 4.98 Å². The monoisotopic (exact) mass is 288 g/mol. The molecule has 10 heteroatoms. The van der Waals surface area contributed by atoms with Gasteiger partial charge in [-0.1, -0.05) is 5.16 Å². The fourth-order valence-corrected chi connectivity index (χ4v) is 1.41. The average molecular weight is 288 g/mol. The molecule has 0 radical (unpaired) electrons. The first-order valence-electron chi connectivity index (χ1n) is 5.23. The normalized spacial score (nSPS) is 11.3. The Hall–Kier alpha value is -2.65. The molecule has 20 heavy (non-hydrogen) atoms. The van der Waals surface area contributed by atoms with Crippen molar-refractivity contribution in [3.63, 3.8) is 0 Å². The van der Waals surface area contributed by atoms with Crippen LogP contribution in [0.2, 0.25) is 0 Å². The lowest BCUT2D eigenvalue weighted by Crippen LogP contribution is -2.10. The Kier molecular flexibility index (Phi) is 3.55. The van der Waals surface area contributed by atoms with Crippen molar-refractivity contribution in [2.45, 2.75) is 12.7 Å². The number of nitrogens with one attached hydrogen (secondary N) is 1. The van der Waals surface area contributed by atoms with Gasteiger partial charge in [0.1, 0.15) is 17.6 Å². The predicted molar refractivity (Wildman–Crippen MR) is 59.7 cm³/mol. The van der Waals surface area contributed by atoms with Crippen LogP contribution in [0.15, 0.2) is 29.0 Å². The summed E-state index contributed by atoms with van der Waals surface area (Å²) in [6.45, 7) is -0.0395. The fourth-order valence-electron chi connectivity index (χ4n) is 1.41. The van der Waals surface area contributed by atoms with Crippen LogP contribution in [0, 0.1) is 10.1 Å². The number of rotatable bonds is 4. The topological polar surface area (TPSA) is 94.1 Å². The van der Waals surface area contributed by atoms with Crippen molar-refractivity contribution >= 4 is 11.4 Å². The zero-order chi connectivity index (χ0) is 14.8. The molecule has 7 nitrogen and oxygen atoms in total. The summed E-state index contributed by atoms with van der Waals surface area (Å²) in [5.74, 6) is 0.324. The zero-order valence-corrected chi connectivity index (χ0v) is 9.72. The van der Waals surface area contributed by atoms with E-state index < -0.39 is 22.5 Å². The lowest BCUT2D eigenvalue weighted by Gasteiger charge is -2.09. The summed E-state index contributed by atoms with van der Waals surface area (Å²) in [7, 11) is 0. The lowest BCUT2D eigenvalue weighted by molar-refractivity contribution is -0.384. The van der Waals surface area contributed by atoms with Crippen LogP contribution in [-0.2, 0) is 12.7 Å². The fraction of sp³-hybridized carbons (Fsp3) is 0.200. The Labute approximate surface area is 109 Å². The number of nitro groups is 1. The first-order valence-corrected chi connectivity index (χ1v) is 5.23. The van der Waals surface area contributed by atoms with Gasteiger partial charge in [0.15, 0.2) is 5.76 Å². The van der Waals surface area contributed by atoms with E-state index in [-0.39, 0.29) is 12.2 Å². The van der Waals surface area contributed by atoms with Gasteiger partial charge >= 0.3 is 11.9 Å². The maximum Gasteiger partial charge on any atom is 0.433 e. The quantitative estimate of drug-likeness (QED) is 0.686. The molecule has 2 rings (SSSR count). The third kappa shape index (κ3) is 3.02. The highest BCUT2D eigenvalue weighted by atomic mass is 19.4. The number of halogens is 3. The molecule has 0 amide bonds. The summed E-state index contributed by atoms with van der Waals surface area (Å²) in [4.78, 5) is 13.0. The molecule has 0 saturated heterocycles. The molecule has 2 aromatic rings. The molecule has 0 aliphatic carbocycles. The van der Waals surface area contributed by atoms with Crippen molar-refractivity contribution in [2.24, 2.45) is 0 Å². The molecule has 0 saturated carbocycles. The van der Waals surface area contributed by atoms with Crippen LogP contribution in [-0.4, -0.2) is 15.1 Å². The van der Waals surface area contributed by atoms with Crippen LogP contribution in [0.1, 0.15) is 11.5 Å². The number of alkyl halides is 3. The zero-order valence-electron chi connectivity index (χ0n) is 9.72. The summed E-state index contributed by atoms with van der Waals surface area (Å²) in [5.41, 5.74) is -2.07. The maximum atomic E-state index is 12.5. The van der Waals surface area contributed by atoms with Crippen LogP contribution >= 0.6 is 0 Å². The minimum absolute atomic E-state index is 0.0395. The van der Waals surface area contributed by atoms with E-state index >= 15 is 0 Å². The Morgan fingerprint density at radius 3 is 2.75 bits per heavy atom. The van der Waals surface area contributed by atoms with Gasteiger partial charge in [0, 0.05) is 6.07 Å². The summed E-state index contributed by atoms with van der Waals surface area (Å²) in [5, 5.41) is 16.7. The Bertz CT molecular complexity index is 613. The van der Waals surface area contributed by atoms with E-state index in [1.165, 1.54) is 12.3 Å². The lowest BCUT2D eigenvalue weighted by atomic mass is 10.2. The van der Waals surface area contributed by atoms with E-state index in [0.717, 1.165) is 0 Å². The molecule has 0 unspecified atom stereocenters. The summed E-state index contributed by atoms with van der Waals surface area (Å²) in [6, 6.07) is 2.05. The van der Waals surface area contributed by atoms with Gasteiger partial charge < -0.3 is 9.84 Å². The maximum absolute atomic E-state index is 12.5. The third-order valence-corrected chi connectivity index (χ3v) is 2.31. The van der Waals surface area contributed by atoms with Crippen LogP contribution in [0.25, 0.3) is 0 Å². The van der Waals surface area contributed by atoms with Crippen molar-refractivity contribution < 1.29 is 22.6 Å². The molecule has 1 N–H and O–H groups in total. The van der Waals surface area contributed by atoms with E-state index in [0.29, 0.717) is 18.0 Å². The number of hydrogen-bond donors (Lipinski definition) is 1. The van der Waals surface area contributed by atoms with Gasteiger partial charge in [-0.15, -0.1) is 0 Å². The second-order valence-corrected chi connectivity index (χ2v) is 3.67. The van der Waals surface area contributed by atoms with Crippen molar-refractivity contribution in [1.29, 1.82) is 0 Å². The molecule has 0 fully saturated rings. The molecule has 0 atom stereocenters. The second kappa shape index (κ2) is 5.15. The predicted octanol–water partition coefficient (Wildman–Crippen LogP) is 2.61. The summed E-state index contributed by atoms with van der Waals surface area (Å²) >= 11 is 0. The van der Waals surface area contributed by atoms with Crippen molar-refractivity contribution in [1.82, 2.24) is 10.1 Å². The standard InChI is InChI=1S/C10H7F3N4O3/c11-10(12,13)9-3-7(8(5-15-9)17(18)19)14-4-6-1-2-16-20-6/h1-3,5H,4H2,(H,14,15). The molecular formula is C10H7F3N4O3. The van der Waals surface area contributed by atoms with E-state index in [4.69, 9.17) is 4.52 Å². The van der Waals surface area contributed by atoms with Gasteiger partial charge in [-0.3, -0.25) is 10.1 Å². The first-order chi connectivity index (χ1) is 9.38. The number of nitrogens with zero attached hydrogens (tertiary/aromatic N) is 3. The van der Waals surface area contributed by atoms with Crippen LogP contribution in [0.3, 0.4) is 0 Å². The van der Waals surface area contributed by atoms with E-state index in [9.17, 15) is 23.3 Å². The van der Waals surface area contributed by atoms with Crippen molar-refractivity contribution in [2.75, 3.05) is 5.32 Å². The third-order valence-electron chi connectivity index (χ3n) is 2.31. The molecule has 0 bridgehead atoms. The molecule has 2 heterocycles. The second-order valence-electron chi connectivity index (χ2n) is 3.67. The number of anilines is 1. The van der Waals surface area contributed by atoms with Crippen LogP contribution in [0.4, 0.5) is 24.5 Å². The molecule has 106 valence electrons. The van der Waals surface area contributed by atoms with Gasteiger partial charge in [-0.05, 0) is 6.07 Å². The van der Waals surface area contributed by atoms with Crippen LogP contribution < -0.4 is 5.32 Å². The van der Waals surface area contributed by atoms with Crippen LogP contribution in [0.5, 0.6) is 0 Å². The largest absolute Gasteiger partial charge is 0.433 e. The number of pyridine rings is 1. The molecule has 0 aliphatic rings. The Morgan fingerprint density at radius 2 is 2.20 bits per heavy atom. The average Bonchev–Trinajstić information content (AvgIpc) is 2.87. The minimum Gasteiger partial charge on any atom is -0.372 e. The highest BCUT2D eigenvalue weighted by Crippen LogP contribution is 2.33. The van der Waals surface area contributed by atoms with Crippen molar-refractivity contribution in [3.05, 3.63) is 46.1 Å². The molecule has 0 spiro atoms. The van der Waals surface area contributed by atoms with E-state index in [2.05, 4.69) is 15.5 Å².